The Balaban J connectivity index is 2.67. The average Bonchev–Trinajstić information content (AvgIpc) is 2.23. The molecule has 1 unspecified atom stereocenters. The Labute approximate surface area is 117 Å². The van der Waals surface area contributed by atoms with Gasteiger partial charge < -0.3 is 9.84 Å². The normalized spacial score (nSPS) is 13.1. The molecule has 0 aliphatic rings. The van der Waals surface area contributed by atoms with Crippen LogP contribution in [0.3, 0.4) is 0 Å². The quantitative estimate of drug-likeness (QED) is 0.816. The van der Waals surface area contributed by atoms with Crippen LogP contribution in [0.2, 0.25) is 10.2 Å². The zero-order valence-corrected chi connectivity index (χ0v) is 12.3. The predicted molar refractivity (Wildman–Crippen MR) is 73.2 cm³/mol. The Morgan fingerprint density at radius 1 is 1.50 bits per heavy atom. The minimum Gasteiger partial charge on any atom is -0.389 e. The highest BCUT2D eigenvalue weighted by Gasteiger charge is 2.13. The summed E-state index contributed by atoms with van der Waals surface area (Å²) < 4.78 is 4.88. The van der Waals surface area contributed by atoms with E-state index in [-0.39, 0.29) is 0 Å². The smallest absolute Gasteiger partial charge is 0.135 e. The van der Waals surface area contributed by atoms with Crippen LogP contribution < -0.4 is 0 Å². The van der Waals surface area contributed by atoms with Crippen molar-refractivity contribution >= 4 is 23.2 Å². The molecule has 0 amide bonds. The van der Waals surface area contributed by atoms with Gasteiger partial charge >= 0.3 is 0 Å². The minimum absolute atomic E-state index is 0.304. The molecule has 0 saturated carbocycles. The zero-order chi connectivity index (χ0) is 13.7. The van der Waals surface area contributed by atoms with Crippen molar-refractivity contribution in [3.05, 3.63) is 27.5 Å². The van der Waals surface area contributed by atoms with Crippen LogP contribution in [0.4, 0.5) is 0 Å². The molecule has 6 heteroatoms. The Kier molecular flexibility index (Phi) is 6.32. The summed E-state index contributed by atoms with van der Waals surface area (Å²) in [7, 11) is 3.44. The van der Waals surface area contributed by atoms with Gasteiger partial charge in [-0.05, 0) is 20.0 Å². The van der Waals surface area contributed by atoms with Crippen molar-refractivity contribution in [2.45, 2.75) is 19.6 Å². The van der Waals surface area contributed by atoms with E-state index < -0.39 is 6.10 Å². The van der Waals surface area contributed by atoms with Crippen molar-refractivity contribution in [1.82, 2.24) is 9.88 Å². The monoisotopic (exact) mass is 292 g/mol. The zero-order valence-electron chi connectivity index (χ0n) is 10.8. The fourth-order valence-corrected chi connectivity index (χ4v) is 2.35. The molecule has 0 aliphatic heterocycles. The lowest BCUT2D eigenvalue weighted by Crippen LogP contribution is -2.31. The number of aromatic nitrogens is 1. The molecular weight excluding hydrogens is 275 g/mol. The number of ether oxygens (including phenoxy) is 1. The molecule has 1 N–H and O–H groups in total. The van der Waals surface area contributed by atoms with E-state index in [2.05, 4.69) is 4.98 Å². The maximum absolute atomic E-state index is 9.63. The molecule has 18 heavy (non-hydrogen) atoms. The molecule has 0 spiro atoms. The average molecular weight is 293 g/mol. The van der Waals surface area contributed by atoms with E-state index in [1.807, 2.05) is 18.9 Å². The van der Waals surface area contributed by atoms with Gasteiger partial charge in [-0.15, -0.1) is 0 Å². The van der Waals surface area contributed by atoms with Crippen molar-refractivity contribution < 1.29 is 9.84 Å². The second kappa shape index (κ2) is 7.26. The van der Waals surface area contributed by atoms with Gasteiger partial charge in [0.05, 0.1) is 12.7 Å². The van der Waals surface area contributed by atoms with Gasteiger partial charge in [-0.25, -0.2) is 4.98 Å². The lowest BCUT2D eigenvalue weighted by Gasteiger charge is -2.21. The molecule has 1 aromatic rings. The van der Waals surface area contributed by atoms with Gasteiger partial charge in [0, 0.05) is 36.5 Å². The Bertz CT molecular complexity index is 379. The van der Waals surface area contributed by atoms with Gasteiger partial charge in [0.25, 0.3) is 0 Å². The first-order chi connectivity index (χ1) is 8.43. The van der Waals surface area contributed by atoms with E-state index in [0.29, 0.717) is 29.9 Å². The SMILES string of the molecule is COCC(O)CN(C)Cc1c(Cl)cc(C)nc1Cl. The van der Waals surface area contributed by atoms with Crippen LogP contribution in [-0.2, 0) is 11.3 Å². The number of methoxy groups -OCH3 is 1. The van der Waals surface area contributed by atoms with Crippen molar-refractivity contribution in [2.75, 3.05) is 27.3 Å². The summed E-state index contributed by atoms with van der Waals surface area (Å²) in [5, 5.41) is 10.6. The van der Waals surface area contributed by atoms with E-state index in [0.717, 1.165) is 11.3 Å². The lowest BCUT2D eigenvalue weighted by molar-refractivity contribution is 0.0419. The van der Waals surface area contributed by atoms with Gasteiger partial charge in [0.2, 0.25) is 0 Å². The summed E-state index contributed by atoms with van der Waals surface area (Å²) in [5.41, 5.74) is 1.56. The molecule has 102 valence electrons. The first kappa shape index (κ1) is 15.7. The second-order valence-corrected chi connectivity index (χ2v) is 5.09. The van der Waals surface area contributed by atoms with Crippen LogP contribution in [0.25, 0.3) is 0 Å². The summed E-state index contributed by atoms with van der Waals surface area (Å²) in [6, 6.07) is 1.78. The van der Waals surface area contributed by atoms with Gasteiger partial charge in [0.15, 0.2) is 0 Å². The number of pyridine rings is 1. The minimum atomic E-state index is -0.532. The number of hydrogen-bond donors (Lipinski definition) is 1. The number of likely N-dealkylation sites (N-methyl/N-ethyl adjacent to an activating group) is 1. The van der Waals surface area contributed by atoms with Gasteiger partial charge in [-0.2, -0.15) is 0 Å². The second-order valence-electron chi connectivity index (χ2n) is 4.32. The van der Waals surface area contributed by atoms with Crippen molar-refractivity contribution in [1.29, 1.82) is 0 Å². The van der Waals surface area contributed by atoms with Crippen molar-refractivity contribution in [3.8, 4) is 0 Å². The van der Waals surface area contributed by atoms with E-state index in [9.17, 15) is 5.11 Å². The summed E-state index contributed by atoms with van der Waals surface area (Å²) in [6.45, 7) is 3.16. The number of aliphatic hydroxyl groups excluding tert-OH is 1. The third kappa shape index (κ3) is 4.71. The molecule has 0 saturated heterocycles. The highest BCUT2D eigenvalue weighted by atomic mass is 35.5. The molecule has 0 aromatic carbocycles. The maximum Gasteiger partial charge on any atom is 0.135 e. The molecule has 4 nitrogen and oxygen atoms in total. The van der Waals surface area contributed by atoms with Crippen molar-refractivity contribution in [2.24, 2.45) is 0 Å². The molecule has 1 heterocycles. The predicted octanol–water partition coefficient (Wildman–Crippen LogP) is 2.14. The van der Waals surface area contributed by atoms with Crippen LogP contribution in [0.5, 0.6) is 0 Å². The summed E-state index contributed by atoms with van der Waals surface area (Å²) >= 11 is 12.2. The highest BCUT2D eigenvalue weighted by Crippen LogP contribution is 2.24. The van der Waals surface area contributed by atoms with Crippen LogP contribution in [0, 0.1) is 6.92 Å². The van der Waals surface area contributed by atoms with Crippen molar-refractivity contribution in [3.63, 3.8) is 0 Å². The van der Waals surface area contributed by atoms with E-state index in [1.54, 1.807) is 13.2 Å². The van der Waals surface area contributed by atoms with Crippen LogP contribution >= 0.6 is 23.2 Å². The van der Waals surface area contributed by atoms with Gasteiger partial charge in [-0.1, -0.05) is 23.2 Å². The lowest BCUT2D eigenvalue weighted by atomic mass is 10.2. The van der Waals surface area contributed by atoms with E-state index >= 15 is 0 Å². The Morgan fingerprint density at radius 2 is 2.17 bits per heavy atom. The number of hydrogen-bond acceptors (Lipinski definition) is 4. The fourth-order valence-electron chi connectivity index (χ4n) is 1.70. The van der Waals surface area contributed by atoms with Crippen LogP contribution in [0.1, 0.15) is 11.3 Å². The molecule has 1 aromatic heterocycles. The van der Waals surface area contributed by atoms with E-state index in [4.69, 9.17) is 27.9 Å². The molecule has 0 bridgehead atoms. The molecule has 1 rings (SSSR count). The molecule has 0 fully saturated rings. The molecule has 0 radical (unpaired) electrons. The number of aliphatic hydroxyl groups is 1. The number of nitrogens with zero attached hydrogens (tertiary/aromatic N) is 2. The van der Waals surface area contributed by atoms with Gasteiger partial charge in [0.1, 0.15) is 5.15 Å². The molecule has 1 atom stereocenters. The first-order valence-electron chi connectivity index (χ1n) is 5.61. The maximum atomic E-state index is 9.63. The van der Waals surface area contributed by atoms with Crippen LogP contribution in [-0.4, -0.2) is 48.4 Å². The highest BCUT2D eigenvalue weighted by molar-refractivity contribution is 6.35. The largest absolute Gasteiger partial charge is 0.389 e. The Morgan fingerprint density at radius 3 is 2.72 bits per heavy atom. The summed E-state index contributed by atoms with van der Waals surface area (Å²) in [6.07, 6.45) is -0.532. The third-order valence-corrected chi connectivity index (χ3v) is 3.11. The fraction of sp³-hybridized carbons (Fsp3) is 0.583. The number of rotatable bonds is 6. The first-order valence-corrected chi connectivity index (χ1v) is 6.36. The summed E-state index contributed by atoms with van der Waals surface area (Å²) in [5.74, 6) is 0. The third-order valence-electron chi connectivity index (χ3n) is 2.46. The standard InChI is InChI=1S/C12H18Cl2N2O2/c1-8-4-11(13)10(12(14)15-8)6-16(2)5-9(17)7-18-3/h4,9,17H,5-7H2,1-3H3. The number of aryl methyl sites for hydroxylation is 1. The summed E-state index contributed by atoms with van der Waals surface area (Å²) in [4.78, 5) is 6.09. The van der Waals surface area contributed by atoms with E-state index in [1.165, 1.54) is 0 Å². The van der Waals surface area contributed by atoms with Gasteiger partial charge in [-0.3, -0.25) is 4.90 Å². The van der Waals surface area contributed by atoms with Crippen LogP contribution in [0.15, 0.2) is 6.07 Å². The molecular formula is C12H18Cl2N2O2. The molecule has 0 aliphatic carbocycles. The topological polar surface area (TPSA) is 45.6 Å². The number of halogens is 2. The Hall–Kier alpha value is -0.390.